The smallest absolute Gasteiger partial charge is 0.258 e. The molecular formula is C18H16BrN3O2S. The molecule has 0 aliphatic heterocycles. The third kappa shape index (κ3) is 4.29. The molecule has 1 unspecified atom stereocenters. The Morgan fingerprint density at radius 2 is 1.96 bits per heavy atom. The predicted molar refractivity (Wildman–Crippen MR) is 106 cm³/mol. The summed E-state index contributed by atoms with van der Waals surface area (Å²) in [5, 5.41) is 3.31. The highest BCUT2D eigenvalue weighted by atomic mass is 79.9. The van der Waals surface area contributed by atoms with Crippen LogP contribution in [0.3, 0.4) is 0 Å². The fourth-order valence-corrected chi connectivity index (χ4v) is 3.45. The Balaban J connectivity index is 1.66. The van der Waals surface area contributed by atoms with Crippen LogP contribution in [0.2, 0.25) is 0 Å². The fourth-order valence-electron chi connectivity index (χ4n) is 2.33. The molecule has 1 aromatic heterocycles. The molecule has 0 aliphatic carbocycles. The zero-order valence-corrected chi connectivity index (χ0v) is 15.9. The van der Waals surface area contributed by atoms with E-state index in [0.29, 0.717) is 16.7 Å². The van der Waals surface area contributed by atoms with Gasteiger partial charge in [-0.25, -0.2) is 4.98 Å². The summed E-state index contributed by atoms with van der Waals surface area (Å²) in [4.78, 5) is 31.6. The van der Waals surface area contributed by atoms with Crippen LogP contribution < -0.4 is 10.9 Å². The molecule has 0 saturated carbocycles. The summed E-state index contributed by atoms with van der Waals surface area (Å²) in [5.41, 5.74) is 1.23. The minimum absolute atomic E-state index is 0.105. The van der Waals surface area contributed by atoms with E-state index in [4.69, 9.17) is 0 Å². The van der Waals surface area contributed by atoms with Crippen molar-refractivity contribution in [1.29, 1.82) is 0 Å². The van der Waals surface area contributed by atoms with Crippen molar-refractivity contribution in [3.63, 3.8) is 0 Å². The molecule has 0 aliphatic rings. The van der Waals surface area contributed by atoms with Crippen molar-refractivity contribution in [3.8, 4) is 0 Å². The number of nitrogens with one attached hydrogen (secondary N) is 2. The van der Waals surface area contributed by atoms with Crippen LogP contribution in [-0.2, 0) is 4.79 Å². The Hall–Kier alpha value is -2.12. The Labute approximate surface area is 157 Å². The van der Waals surface area contributed by atoms with E-state index in [2.05, 4.69) is 31.2 Å². The van der Waals surface area contributed by atoms with Crippen molar-refractivity contribution < 1.29 is 4.79 Å². The summed E-state index contributed by atoms with van der Waals surface area (Å²) in [6, 6.07) is 14.7. The number of benzene rings is 2. The molecule has 0 fully saturated rings. The second kappa shape index (κ2) is 7.84. The maximum Gasteiger partial charge on any atom is 0.258 e. The lowest BCUT2D eigenvalue weighted by molar-refractivity contribution is -0.113. The van der Waals surface area contributed by atoms with E-state index in [1.165, 1.54) is 11.8 Å². The molecule has 0 bridgehead atoms. The molecular weight excluding hydrogens is 402 g/mol. The number of hydrogen-bond donors (Lipinski definition) is 2. The highest BCUT2D eigenvalue weighted by Gasteiger charge is 2.14. The van der Waals surface area contributed by atoms with Crippen molar-refractivity contribution in [3.05, 3.63) is 69.2 Å². The van der Waals surface area contributed by atoms with Crippen LogP contribution >= 0.6 is 27.7 Å². The van der Waals surface area contributed by atoms with Crippen molar-refractivity contribution in [2.75, 3.05) is 11.1 Å². The van der Waals surface area contributed by atoms with E-state index < -0.39 is 0 Å². The van der Waals surface area contributed by atoms with Crippen LogP contribution in [0.15, 0.2) is 57.8 Å². The molecule has 0 spiro atoms. The number of para-hydroxylation sites is 2. The minimum atomic E-state index is -0.161. The van der Waals surface area contributed by atoms with E-state index in [-0.39, 0.29) is 22.5 Å². The van der Waals surface area contributed by atoms with Crippen LogP contribution in [0.1, 0.15) is 18.0 Å². The predicted octanol–water partition coefficient (Wildman–Crippen LogP) is 4.12. The average molecular weight is 418 g/mol. The van der Waals surface area contributed by atoms with Gasteiger partial charge in [-0.05, 0) is 47.1 Å². The molecule has 0 radical (unpaired) electrons. The van der Waals surface area contributed by atoms with Gasteiger partial charge in [0.2, 0.25) is 5.91 Å². The van der Waals surface area contributed by atoms with Gasteiger partial charge in [0.05, 0.1) is 27.6 Å². The normalized spacial score (nSPS) is 12.1. The number of aromatic nitrogens is 2. The van der Waals surface area contributed by atoms with Crippen LogP contribution in [0, 0.1) is 0 Å². The molecule has 1 atom stereocenters. The highest BCUT2D eigenvalue weighted by Crippen LogP contribution is 2.26. The van der Waals surface area contributed by atoms with Gasteiger partial charge in [-0.2, -0.15) is 0 Å². The maximum absolute atomic E-state index is 12.1. The fraction of sp³-hybridized carbons (Fsp3) is 0.167. The quantitative estimate of drug-likeness (QED) is 0.654. The van der Waals surface area contributed by atoms with Crippen LogP contribution in [-0.4, -0.2) is 21.6 Å². The molecule has 3 aromatic rings. The number of fused-ring (bicyclic) bond motifs is 1. The zero-order valence-electron chi connectivity index (χ0n) is 13.5. The van der Waals surface area contributed by atoms with Gasteiger partial charge in [-0.1, -0.05) is 24.3 Å². The number of thioether (sulfide) groups is 1. The summed E-state index contributed by atoms with van der Waals surface area (Å²) in [7, 11) is 0. The second-order valence-corrected chi connectivity index (χ2v) is 7.63. The summed E-state index contributed by atoms with van der Waals surface area (Å²) in [6.07, 6.45) is 0. The first-order valence-corrected chi connectivity index (χ1v) is 9.53. The zero-order chi connectivity index (χ0) is 17.8. The number of H-pyrrole nitrogens is 1. The highest BCUT2D eigenvalue weighted by molar-refractivity contribution is 9.10. The van der Waals surface area contributed by atoms with Crippen molar-refractivity contribution in [1.82, 2.24) is 9.97 Å². The summed E-state index contributed by atoms with van der Waals surface area (Å²) in [6.45, 7) is 1.92. The molecule has 1 amide bonds. The van der Waals surface area contributed by atoms with Gasteiger partial charge in [0, 0.05) is 4.47 Å². The molecule has 2 aromatic carbocycles. The summed E-state index contributed by atoms with van der Waals surface area (Å²) < 4.78 is 0.835. The van der Waals surface area contributed by atoms with Gasteiger partial charge in [0.15, 0.2) is 0 Å². The van der Waals surface area contributed by atoms with Crippen molar-refractivity contribution >= 4 is 50.2 Å². The Morgan fingerprint density at radius 1 is 1.24 bits per heavy atom. The van der Waals surface area contributed by atoms with E-state index in [0.717, 1.165) is 10.2 Å². The van der Waals surface area contributed by atoms with Crippen LogP contribution in [0.4, 0.5) is 5.69 Å². The van der Waals surface area contributed by atoms with Gasteiger partial charge in [-0.3, -0.25) is 9.59 Å². The molecule has 2 N–H and O–H groups in total. The van der Waals surface area contributed by atoms with E-state index in [1.54, 1.807) is 6.07 Å². The second-order valence-electron chi connectivity index (χ2n) is 5.45. The number of anilines is 1. The minimum Gasteiger partial charge on any atom is -0.324 e. The number of rotatable bonds is 5. The number of hydrogen-bond acceptors (Lipinski definition) is 4. The number of amides is 1. The molecule has 5 nitrogen and oxygen atoms in total. The van der Waals surface area contributed by atoms with Gasteiger partial charge in [0.1, 0.15) is 5.82 Å². The molecule has 25 heavy (non-hydrogen) atoms. The molecule has 1 heterocycles. The van der Waals surface area contributed by atoms with Gasteiger partial charge in [-0.15, -0.1) is 11.8 Å². The molecule has 128 valence electrons. The van der Waals surface area contributed by atoms with Crippen molar-refractivity contribution in [2.24, 2.45) is 0 Å². The first-order chi connectivity index (χ1) is 12.0. The largest absolute Gasteiger partial charge is 0.324 e. The number of aromatic amines is 1. The standard InChI is InChI=1S/C18H16BrN3O2S/c1-11(17-21-14-8-4-2-6-12(14)18(24)22-17)25-10-16(23)20-15-9-5-3-7-13(15)19/h2-9,11H,10H2,1H3,(H,20,23)(H,21,22,24). The average Bonchev–Trinajstić information content (AvgIpc) is 2.61. The Bertz CT molecular complexity index is 974. The topological polar surface area (TPSA) is 74.8 Å². The molecule has 7 heteroatoms. The maximum atomic E-state index is 12.1. The first-order valence-electron chi connectivity index (χ1n) is 7.69. The summed E-state index contributed by atoms with van der Waals surface area (Å²) >= 11 is 4.82. The van der Waals surface area contributed by atoms with Crippen LogP contribution in [0.25, 0.3) is 10.9 Å². The number of nitrogens with zero attached hydrogens (tertiary/aromatic N) is 1. The van der Waals surface area contributed by atoms with E-state index in [9.17, 15) is 9.59 Å². The lowest BCUT2D eigenvalue weighted by Gasteiger charge is -2.12. The third-order valence-electron chi connectivity index (χ3n) is 3.63. The van der Waals surface area contributed by atoms with Crippen LogP contribution in [0.5, 0.6) is 0 Å². The summed E-state index contributed by atoms with van der Waals surface area (Å²) in [5.74, 6) is 0.730. The number of carbonyl (C=O) groups is 1. The van der Waals surface area contributed by atoms with E-state index in [1.807, 2.05) is 49.4 Å². The lowest BCUT2D eigenvalue weighted by Crippen LogP contribution is -2.17. The van der Waals surface area contributed by atoms with Gasteiger partial charge in [0.25, 0.3) is 5.56 Å². The Kier molecular flexibility index (Phi) is 5.55. The number of halogens is 1. The monoisotopic (exact) mass is 417 g/mol. The third-order valence-corrected chi connectivity index (χ3v) is 5.47. The molecule has 0 saturated heterocycles. The first kappa shape index (κ1) is 17.7. The van der Waals surface area contributed by atoms with Gasteiger partial charge < -0.3 is 10.3 Å². The molecule has 3 rings (SSSR count). The number of carbonyl (C=O) groups excluding carboxylic acids is 1. The Morgan fingerprint density at radius 3 is 2.76 bits per heavy atom. The van der Waals surface area contributed by atoms with E-state index >= 15 is 0 Å². The van der Waals surface area contributed by atoms with Crippen molar-refractivity contribution in [2.45, 2.75) is 12.2 Å². The lowest BCUT2D eigenvalue weighted by atomic mass is 10.2. The SMILES string of the molecule is CC(SCC(=O)Nc1ccccc1Br)c1nc2ccccc2c(=O)[nH]1. The van der Waals surface area contributed by atoms with Gasteiger partial charge >= 0.3 is 0 Å².